The highest BCUT2D eigenvalue weighted by atomic mass is 32.2. The molecule has 9 heteroatoms. The lowest BCUT2D eigenvalue weighted by molar-refractivity contribution is -0.384. The van der Waals surface area contributed by atoms with E-state index in [0.717, 1.165) is 23.9 Å². The number of carbonyl (C=O) groups is 1. The number of non-ortho nitro benzene ring substituents is 1. The second-order valence-corrected chi connectivity index (χ2v) is 6.17. The Kier molecular flexibility index (Phi) is 5.68. The number of hydrogen-bond acceptors (Lipinski definition) is 4. The molecular formula is C16H13F3N2O3S. The number of aryl methyl sites for hydroxylation is 1. The summed E-state index contributed by atoms with van der Waals surface area (Å²) in [6.45, 7) is 1.68. The van der Waals surface area contributed by atoms with Crippen molar-refractivity contribution >= 4 is 29.0 Å². The zero-order chi connectivity index (χ0) is 18.6. The van der Waals surface area contributed by atoms with Crippen molar-refractivity contribution in [3.8, 4) is 0 Å². The number of benzene rings is 2. The number of halogens is 3. The zero-order valence-corrected chi connectivity index (χ0v) is 13.8. The van der Waals surface area contributed by atoms with Crippen LogP contribution in [0.4, 0.5) is 24.5 Å². The number of nitrogens with one attached hydrogen (secondary N) is 1. The highest BCUT2D eigenvalue weighted by Crippen LogP contribution is 2.32. The minimum absolute atomic E-state index is 0.122. The number of nitro groups is 1. The quantitative estimate of drug-likeness (QED) is 0.472. The fourth-order valence-electron chi connectivity index (χ4n) is 1.96. The fourth-order valence-corrected chi connectivity index (χ4v) is 2.71. The van der Waals surface area contributed by atoms with Gasteiger partial charge in [0.05, 0.1) is 21.9 Å². The van der Waals surface area contributed by atoms with E-state index in [1.165, 1.54) is 30.3 Å². The average Bonchev–Trinajstić information content (AvgIpc) is 2.54. The van der Waals surface area contributed by atoms with E-state index in [1.807, 2.05) is 0 Å². The van der Waals surface area contributed by atoms with Gasteiger partial charge >= 0.3 is 6.18 Å². The van der Waals surface area contributed by atoms with E-state index >= 15 is 0 Å². The lowest BCUT2D eigenvalue weighted by atomic mass is 10.2. The molecule has 0 aliphatic carbocycles. The Morgan fingerprint density at radius 2 is 1.96 bits per heavy atom. The van der Waals surface area contributed by atoms with Gasteiger partial charge in [-0.15, -0.1) is 11.8 Å². The van der Waals surface area contributed by atoms with Crippen LogP contribution in [0, 0.1) is 17.0 Å². The Hall–Kier alpha value is -2.55. The van der Waals surface area contributed by atoms with Gasteiger partial charge in [0.2, 0.25) is 5.91 Å². The van der Waals surface area contributed by atoms with Gasteiger partial charge in [-0.25, -0.2) is 0 Å². The zero-order valence-electron chi connectivity index (χ0n) is 13.0. The predicted molar refractivity (Wildman–Crippen MR) is 88.6 cm³/mol. The SMILES string of the molecule is Cc1ccc([N+](=O)[O-])cc1NC(=O)CSc1cccc(C(F)(F)F)c1. The lowest BCUT2D eigenvalue weighted by Gasteiger charge is -2.10. The van der Waals surface area contributed by atoms with Crippen LogP contribution in [0.25, 0.3) is 0 Å². The van der Waals surface area contributed by atoms with Crippen LogP contribution in [0.3, 0.4) is 0 Å². The van der Waals surface area contributed by atoms with Crippen LogP contribution in [-0.2, 0) is 11.0 Å². The van der Waals surface area contributed by atoms with Crippen LogP contribution >= 0.6 is 11.8 Å². The first-order valence-corrected chi connectivity index (χ1v) is 8.00. The van der Waals surface area contributed by atoms with E-state index in [4.69, 9.17) is 0 Å². The minimum Gasteiger partial charge on any atom is -0.325 e. The van der Waals surface area contributed by atoms with E-state index in [9.17, 15) is 28.1 Å². The van der Waals surface area contributed by atoms with Gasteiger partial charge in [0, 0.05) is 17.0 Å². The molecule has 0 bridgehead atoms. The van der Waals surface area contributed by atoms with Crippen LogP contribution in [-0.4, -0.2) is 16.6 Å². The standard InChI is InChI=1S/C16H13F3N2O3S/c1-10-5-6-12(21(23)24)8-14(10)20-15(22)9-25-13-4-2-3-11(7-13)16(17,18)19/h2-8H,9H2,1H3,(H,20,22). The van der Waals surface area contributed by atoms with Gasteiger partial charge in [0.1, 0.15) is 0 Å². The second-order valence-electron chi connectivity index (χ2n) is 5.12. The molecule has 2 aromatic rings. The Bertz CT molecular complexity index is 809. The largest absolute Gasteiger partial charge is 0.416 e. The number of hydrogen-bond donors (Lipinski definition) is 1. The first-order chi connectivity index (χ1) is 11.7. The topological polar surface area (TPSA) is 72.2 Å². The van der Waals surface area contributed by atoms with E-state index in [0.29, 0.717) is 16.1 Å². The highest BCUT2D eigenvalue weighted by molar-refractivity contribution is 8.00. The number of nitro benzene ring substituents is 1. The molecule has 0 spiro atoms. The molecule has 0 aliphatic rings. The highest BCUT2D eigenvalue weighted by Gasteiger charge is 2.30. The van der Waals surface area contributed by atoms with E-state index < -0.39 is 22.6 Å². The van der Waals surface area contributed by atoms with Crippen molar-refractivity contribution in [2.45, 2.75) is 18.0 Å². The summed E-state index contributed by atoms with van der Waals surface area (Å²) in [6.07, 6.45) is -4.45. The van der Waals surface area contributed by atoms with E-state index in [2.05, 4.69) is 5.32 Å². The number of amides is 1. The summed E-state index contributed by atoms with van der Waals surface area (Å²) < 4.78 is 38.0. The van der Waals surface area contributed by atoms with Gasteiger partial charge in [-0.1, -0.05) is 12.1 Å². The summed E-state index contributed by atoms with van der Waals surface area (Å²) in [5.74, 6) is -0.588. The maximum atomic E-state index is 12.7. The van der Waals surface area contributed by atoms with Crippen LogP contribution < -0.4 is 5.32 Å². The molecule has 25 heavy (non-hydrogen) atoms. The molecule has 0 fully saturated rings. The molecule has 2 rings (SSSR count). The Morgan fingerprint density at radius 1 is 1.24 bits per heavy atom. The lowest BCUT2D eigenvalue weighted by Crippen LogP contribution is -2.15. The molecule has 2 aromatic carbocycles. The molecule has 132 valence electrons. The molecule has 0 atom stereocenters. The molecule has 0 aromatic heterocycles. The van der Waals surface area contributed by atoms with Crippen LogP contribution in [0.2, 0.25) is 0 Å². The molecule has 0 aliphatic heterocycles. The third-order valence-corrected chi connectivity index (χ3v) is 4.23. The number of alkyl halides is 3. The van der Waals surface area contributed by atoms with Crippen molar-refractivity contribution in [1.82, 2.24) is 0 Å². The first kappa shape index (κ1) is 18.8. The van der Waals surface area contributed by atoms with Crippen LogP contribution in [0.1, 0.15) is 11.1 Å². The number of nitrogens with zero attached hydrogens (tertiary/aromatic N) is 1. The summed E-state index contributed by atoms with van der Waals surface area (Å²) in [7, 11) is 0. The summed E-state index contributed by atoms with van der Waals surface area (Å²) in [4.78, 5) is 22.5. The van der Waals surface area contributed by atoms with Gasteiger partial charge in [-0.3, -0.25) is 14.9 Å². The van der Waals surface area contributed by atoms with Gasteiger partial charge < -0.3 is 5.32 Å². The molecule has 1 N–H and O–H groups in total. The number of thioether (sulfide) groups is 1. The molecular weight excluding hydrogens is 357 g/mol. The number of rotatable bonds is 5. The van der Waals surface area contributed by atoms with Crippen molar-refractivity contribution in [2.24, 2.45) is 0 Å². The summed E-state index contributed by atoms with van der Waals surface area (Å²) in [5.41, 5.74) is -0.00858. The predicted octanol–water partition coefficient (Wildman–Crippen LogP) is 4.65. The average molecular weight is 370 g/mol. The van der Waals surface area contributed by atoms with Crippen LogP contribution in [0.5, 0.6) is 0 Å². The van der Waals surface area contributed by atoms with Gasteiger partial charge in [0.25, 0.3) is 5.69 Å². The molecule has 5 nitrogen and oxygen atoms in total. The Labute approximate surface area is 145 Å². The van der Waals surface area contributed by atoms with Crippen molar-refractivity contribution in [3.05, 3.63) is 63.7 Å². The van der Waals surface area contributed by atoms with Gasteiger partial charge in [-0.05, 0) is 30.7 Å². The third-order valence-electron chi connectivity index (χ3n) is 3.24. The molecule has 0 heterocycles. The van der Waals surface area contributed by atoms with Crippen LogP contribution in [0.15, 0.2) is 47.4 Å². The van der Waals surface area contributed by atoms with E-state index in [1.54, 1.807) is 6.92 Å². The normalized spacial score (nSPS) is 11.2. The smallest absolute Gasteiger partial charge is 0.325 e. The summed E-state index contributed by atoms with van der Waals surface area (Å²) in [6, 6.07) is 8.74. The first-order valence-electron chi connectivity index (χ1n) is 7.02. The van der Waals surface area contributed by atoms with Crippen molar-refractivity contribution in [2.75, 3.05) is 11.1 Å². The summed E-state index contributed by atoms with van der Waals surface area (Å²) >= 11 is 0.948. The maximum Gasteiger partial charge on any atom is 0.416 e. The molecule has 0 unspecified atom stereocenters. The number of anilines is 1. The van der Waals surface area contributed by atoms with E-state index in [-0.39, 0.29) is 11.4 Å². The second kappa shape index (κ2) is 7.56. The monoisotopic (exact) mass is 370 g/mol. The van der Waals surface area contributed by atoms with Gasteiger partial charge in [0.15, 0.2) is 0 Å². The Balaban J connectivity index is 2.02. The molecule has 0 saturated carbocycles. The van der Waals surface area contributed by atoms with Crippen molar-refractivity contribution < 1.29 is 22.9 Å². The number of carbonyl (C=O) groups excluding carboxylic acids is 1. The molecule has 0 saturated heterocycles. The molecule has 0 radical (unpaired) electrons. The maximum absolute atomic E-state index is 12.7. The van der Waals surface area contributed by atoms with Crippen molar-refractivity contribution in [1.29, 1.82) is 0 Å². The van der Waals surface area contributed by atoms with Gasteiger partial charge in [-0.2, -0.15) is 13.2 Å². The van der Waals surface area contributed by atoms with Crippen molar-refractivity contribution in [3.63, 3.8) is 0 Å². The molecule has 1 amide bonds. The minimum atomic E-state index is -4.45. The third kappa shape index (κ3) is 5.21. The fraction of sp³-hybridized carbons (Fsp3) is 0.188. The Morgan fingerprint density at radius 3 is 2.60 bits per heavy atom. The summed E-state index contributed by atoms with van der Waals surface area (Å²) in [5, 5.41) is 13.3.